The van der Waals surface area contributed by atoms with Gasteiger partial charge in [-0.1, -0.05) is 24.3 Å². The minimum Gasteiger partial charge on any atom is -0.480 e. The van der Waals surface area contributed by atoms with Crippen molar-refractivity contribution in [3.63, 3.8) is 0 Å². The molecule has 3 rings (SSSR count). The Balaban J connectivity index is 1.54. The Labute approximate surface area is 196 Å². The van der Waals surface area contributed by atoms with Crippen molar-refractivity contribution in [2.24, 2.45) is 11.7 Å². The summed E-state index contributed by atoms with van der Waals surface area (Å²) in [6, 6.07) is 8.38. The molecule has 0 aromatic heterocycles. The normalized spacial score (nSPS) is 30.4. The first-order valence-corrected chi connectivity index (χ1v) is 11.9. The molecule has 1 saturated carbocycles. The van der Waals surface area contributed by atoms with Gasteiger partial charge < -0.3 is 21.5 Å². The zero-order chi connectivity index (χ0) is 24.3. The fourth-order valence-electron chi connectivity index (χ4n) is 5.19. The number of nitrogens with two attached hydrogens (primary N) is 1. The van der Waals surface area contributed by atoms with Crippen LogP contribution in [0.2, 0.25) is 0 Å². The lowest BCUT2D eigenvalue weighted by Gasteiger charge is -2.40. The highest BCUT2D eigenvalue weighted by atomic mass is 16.4. The van der Waals surface area contributed by atoms with E-state index in [9.17, 15) is 19.5 Å². The van der Waals surface area contributed by atoms with Crippen LogP contribution >= 0.6 is 0 Å². The third-order valence-corrected chi connectivity index (χ3v) is 7.27. The summed E-state index contributed by atoms with van der Waals surface area (Å²) < 4.78 is 0. The number of carbonyl (C=O) groups excluding carboxylic acids is 2. The van der Waals surface area contributed by atoms with Crippen molar-refractivity contribution < 1.29 is 19.5 Å². The van der Waals surface area contributed by atoms with Crippen LogP contribution in [-0.2, 0) is 14.4 Å². The second-order valence-electron chi connectivity index (χ2n) is 10.3. The third-order valence-electron chi connectivity index (χ3n) is 7.27. The van der Waals surface area contributed by atoms with Gasteiger partial charge in [0.15, 0.2) is 0 Å². The van der Waals surface area contributed by atoms with Crippen LogP contribution in [0.5, 0.6) is 0 Å². The molecule has 8 heteroatoms. The van der Waals surface area contributed by atoms with Gasteiger partial charge in [-0.15, -0.1) is 0 Å². The molecule has 33 heavy (non-hydrogen) atoms. The smallest absolute Gasteiger partial charge is 0.328 e. The van der Waals surface area contributed by atoms with Gasteiger partial charge in [0.25, 0.3) is 0 Å². The maximum absolute atomic E-state index is 12.3. The largest absolute Gasteiger partial charge is 0.480 e. The summed E-state index contributed by atoms with van der Waals surface area (Å²) in [6.07, 6.45) is 4.31. The Hall–Kier alpha value is -2.45. The molecule has 0 spiro atoms. The van der Waals surface area contributed by atoms with E-state index in [1.165, 1.54) is 19.4 Å². The van der Waals surface area contributed by atoms with Crippen LogP contribution in [0, 0.1) is 5.92 Å². The highest BCUT2D eigenvalue weighted by Gasteiger charge is 2.35. The number of carboxylic acid groups (broad SMARTS) is 1. The SMILES string of the molecule is CC1NC(C)C(c2ccc(C3CCC(CC(=O)NC(C)(C)C(=O)O)CC3)cc2)NC1C(N)=O. The number of carboxylic acids is 1. The van der Waals surface area contributed by atoms with Crippen LogP contribution in [0.1, 0.15) is 82.9 Å². The van der Waals surface area contributed by atoms with Crippen LogP contribution in [0.3, 0.4) is 0 Å². The van der Waals surface area contributed by atoms with Crippen molar-refractivity contribution in [1.29, 1.82) is 0 Å². The van der Waals surface area contributed by atoms with Gasteiger partial charge in [0.2, 0.25) is 11.8 Å². The number of amides is 2. The summed E-state index contributed by atoms with van der Waals surface area (Å²) >= 11 is 0. The van der Waals surface area contributed by atoms with E-state index in [0.717, 1.165) is 31.2 Å². The molecule has 4 atom stereocenters. The maximum atomic E-state index is 12.3. The first-order valence-electron chi connectivity index (χ1n) is 11.9. The molecule has 2 aliphatic rings. The molecular weight excluding hydrogens is 420 g/mol. The molecule has 1 heterocycles. The van der Waals surface area contributed by atoms with E-state index in [2.05, 4.69) is 47.1 Å². The van der Waals surface area contributed by atoms with Crippen molar-refractivity contribution in [3.8, 4) is 0 Å². The minimum atomic E-state index is -1.24. The van der Waals surface area contributed by atoms with Gasteiger partial charge in [-0.3, -0.25) is 14.9 Å². The fourth-order valence-corrected chi connectivity index (χ4v) is 5.19. The molecule has 0 radical (unpaired) electrons. The van der Waals surface area contributed by atoms with Crippen LogP contribution in [-0.4, -0.2) is 46.6 Å². The Morgan fingerprint density at radius 3 is 2.12 bits per heavy atom. The molecule has 182 valence electrons. The summed E-state index contributed by atoms with van der Waals surface area (Å²) in [7, 11) is 0. The molecule has 0 bridgehead atoms. The average molecular weight is 459 g/mol. The highest BCUT2D eigenvalue weighted by Crippen LogP contribution is 2.37. The number of carbonyl (C=O) groups is 3. The number of aliphatic carboxylic acids is 1. The summed E-state index contributed by atoms with van der Waals surface area (Å²) in [5, 5.41) is 18.7. The van der Waals surface area contributed by atoms with Gasteiger partial charge in [0.05, 0.1) is 0 Å². The lowest BCUT2D eigenvalue weighted by molar-refractivity contribution is -0.146. The molecular formula is C25H38N4O4. The molecule has 1 aromatic carbocycles. The van der Waals surface area contributed by atoms with E-state index in [1.807, 2.05) is 6.92 Å². The second-order valence-corrected chi connectivity index (χ2v) is 10.3. The molecule has 8 nitrogen and oxygen atoms in total. The quantitative estimate of drug-likeness (QED) is 0.425. The van der Waals surface area contributed by atoms with E-state index in [4.69, 9.17) is 5.73 Å². The third kappa shape index (κ3) is 6.12. The molecule has 1 aromatic rings. The van der Waals surface area contributed by atoms with E-state index >= 15 is 0 Å². The van der Waals surface area contributed by atoms with Gasteiger partial charge in [0, 0.05) is 24.5 Å². The first-order chi connectivity index (χ1) is 15.5. The van der Waals surface area contributed by atoms with Gasteiger partial charge in [-0.05, 0) is 76.3 Å². The first kappa shape index (κ1) is 25.2. The Morgan fingerprint density at radius 1 is 1.00 bits per heavy atom. The number of benzene rings is 1. The van der Waals surface area contributed by atoms with Gasteiger partial charge in [-0.25, -0.2) is 4.79 Å². The topological polar surface area (TPSA) is 134 Å². The van der Waals surface area contributed by atoms with Gasteiger partial charge in [-0.2, -0.15) is 0 Å². The van der Waals surface area contributed by atoms with Crippen molar-refractivity contribution in [2.75, 3.05) is 0 Å². The van der Waals surface area contributed by atoms with Crippen molar-refractivity contribution >= 4 is 17.8 Å². The molecule has 6 N–H and O–H groups in total. The van der Waals surface area contributed by atoms with Gasteiger partial charge in [0.1, 0.15) is 11.6 Å². The number of hydrogen-bond donors (Lipinski definition) is 5. The standard InChI is InChI=1S/C25H38N4O4/c1-14-21(28-22(23(26)31)15(2)27-14)19-11-9-18(10-12-19)17-7-5-16(6-8-17)13-20(30)29-25(3,4)24(32)33/h9-12,14-17,21-22,27-28H,5-8,13H2,1-4H3,(H2,26,31)(H,29,30)(H,32,33). The van der Waals surface area contributed by atoms with Crippen molar-refractivity contribution in [1.82, 2.24) is 16.0 Å². The number of hydrogen-bond acceptors (Lipinski definition) is 5. The summed E-state index contributed by atoms with van der Waals surface area (Å²) in [5.74, 6) is -0.823. The highest BCUT2D eigenvalue weighted by molar-refractivity contribution is 5.86. The predicted molar refractivity (Wildman–Crippen MR) is 127 cm³/mol. The van der Waals surface area contributed by atoms with E-state index < -0.39 is 17.6 Å². The Bertz CT molecular complexity index is 862. The zero-order valence-electron chi connectivity index (χ0n) is 20.1. The van der Waals surface area contributed by atoms with Gasteiger partial charge >= 0.3 is 5.97 Å². The summed E-state index contributed by atoms with van der Waals surface area (Å²) in [4.78, 5) is 35.2. The average Bonchev–Trinajstić information content (AvgIpc) is 2.74. The molecule has 2 amide bonds. The predicted octanol–water partition coefficient (Wildman–Crippen LogP) is 2.19. The lowest BCUT2D eigenvalue weighted by Crippen LogP contribution is -2.64. The van der Waals surface area contributed by atoms with Crippen LogP contribution in [0.4, 0.5) is 0 Å². The maximum Gasteiger partial charge on any atom is 0.328 e. The van der Waals surface area contributed by atoms with Crippen LogP contribution in [0.25, 0.3) is 0 Å². The van der Waals surface area contributed by atoms with Crippen LogP contribution in [0.15, 0.2) is 24.3 Å². The Kier molecular flexibility index (Phi) is 7.80. The molecule has 1 aliphatic carbocycles. The lowest BCUT2D eigenvalue weighted by atomic mass is 9.77. The number of nitrogens with one attached hydrogen (secondary N) is 3. The van der Waals surface area contributed by atoms with Crippen LogP contribution < -0.4 is 21.7 Å². The summed E-state index contributed by atoms with van der Waals surface area (Å²) in [5.41, 5.74) is 6.74. The zero-order valence-corrected chi connectivity index (χ0v) is 20.1. The van der Waals surface area contributed by atoms with Crippen molar-refractivity contribution in [3.05, 3.63) is 35.4 Å². The monoisotopic (exact) mass is 458 g/mol. The number of piperazine rings is 1. The summed E-state index contributed by atoms with van der Waals surface area (Å²) in [6.45, 7) is 7.07. The van der Waals surface area contributed by atoms with E-state index in [1.54, 1.807) is 0 Å². The minimum absolute atomic E-state index is 0.0112. The fraction of sp³-hybridized carbons (Fsp3) is 0.640. The molecule has 1 saturated heterocycles. The Morgan fingerprint density at radius 2 is 1.58 bits per heavy atom. The number of primary amides is 1. The number of rotatable bonds is 7. The second kappa shape index (κ2) is 10.2. The molecule has 2 fully saturated rings. The molecule has 1 aliphatic heterocycles. The van der Waals surface area contributed by atoms with Crippen molar-refractivity contribution in [2.45, 2.75) is 95.4 Å². The van der Waals surface area contributed by atoms with E-state index in [-0.39, 0.29) is 35.9 Å². The van der Waals surface area contributed by atoms with E-state index in [0.29, 0.717) is 12.3 Å². The molecule has 4 unspecified atom stereocenters.